The van der Waals surface area contributed by atoms with Crippen molar-refractivity contribution in [3.05, 3.63) is 93.5 Å². The molecule has 1 amide bonds. The summed E-state index contributed by atoms with van der Waals surface area (Å²) in [6.45, 7) is 6.12. The Hall–Kier alpha value is -2.94. The van der Waals surface area contributed by atoms with Gasteiger partial charge in [0.25, 0.3) is 0 Å². The van der Waals surface area contributed by atoms with Crippen LogP contribution in [0.2, 0.25) is 5.02 Å². The molecule has 0 radical (unpaired) electrons. The number of hydrogen-bond donors (Lipinski definition) is 1. The summed E-state index contributed by atoms with van der Waals surface area (Å²) >= 11 is 5.66. The Labute approximate surface area is 213 Å². The van der Waals surface area contributed by atoms with E-state index in [9.17, 15) is 13.6 Å². The number of likely N-dealkylation sites (tertiary alicyclic amines) is 1. The van der Waals surface area contributed by atoms with Crippen molar-refractivity contribution in [1.82, 2.24) is 20.2 Å². The topological polar surface area (TPSA) is 67.4 Å². The van der Waals surface area contributed by atoms with Gasteiger partial charge in [0, 0.05) is 50.7 Å². The molecule has 1 aromatic carbocycles. The standard InChI is InChI=1S/C27H27ClF2N4O2/c1-17(35)33-26(2,20-11-22(29)25(28)23(30)12-20)24-4-3-18(13-32-24)15-34-9-6-27(7-10-34)21-14-31-8-5-19(21)16-36-27/h3-5,8,11-14H,6-7,9-10,15-16H2,1-2H3,(H,33,35). The number of ether oxygens (including phenoxy) is 1. The fraction of sp³-hybridized carbons (Fsp3) is 0.370. The maximum absolute atomic E-state index is 14.2. The van der Waals surface area contributed by atoms with Crippen LogP contribution in [0.4, 0.5) is 8.78 Å². The number of carbonyl (C=O) groups is 1. The van der Waals surface area contributed by atoms with Crippen molar-refractivity contribution in [2.75, 3.05) is 13.1 Å². The van der Waals surface area contributed by atoms with Crippen LogP contribution in [0.5, 0.6) is 0 Å². The lowest BCUT2D eigenvalue weighted by Gasteiger charge is -2.39. The van der Waals surface area contributed by atoms with Gasteiger partial charge >= 0.3 is 0 Å². The predicted octanol–water partition coefficient (Wildman–Crippen LogP) is 4.83. The summed E-state index contributed by atoms with van der Waals surface area (Å²) in [7, 11) is 0. The van der Waals surface area contributed by atoms with Crippen molar-refractivity contribution < 1.29 is 18.3 Å². The second-order valence-corrected chi connectivity index (χ2v) is 10.1. The number of piperidine rings is 1. The predicted molar refractivity (Wildman–Crippen MR) is 131 cm³/mol. The Bertz CT molecular complexity index is 1270. The average molecular weight is 513 g/mol. The van der Waals surface area contributed by atoms with Crippen molar-refractivity contribution in [1.29, 1.82) is 0 Å². The smallest absolute Gasteiger partial charge is 0.217 e. The fourth-order valence-electron chi connectivity index (χ4n) is 5.29. The molecular weight excluding hydrogens is 486 g/mol. The summed E-state index contributed by atoms with van der Waals surface area (Å²) in [5, 5.41) is 2.21. The van der Waals surface area contributed by atoms with Gasteiger partial charge in [-0.1, -0.05) is 17.7 Å². The van der Waals surface area contributed by atoms with Crippen LogP contribution in [0.1, 0.15) is 54.6 Å². The Morgan fingerprint density at radius 1 is 1.19 bits per heavy atom. The number of pyridine rings is 2. The maximum atomic E-state index is 14.2. The summed E-state index contributed by atoms with van der Waals surface area (Å²) < 4.78 is 34.7. The molecule has 6 nitrogen and oxygen atoms in total. The van der Waals surface area contributed by atoms with Crippen LogP contribution in [0.3, 0.4) is 0 Å². The molecule has 1 atom stereocenters. The maximum Gasteiger partial charge on any atom is 0.217 e. The lowest BCUT2D eigenvalue weighted by atomic mass is 9.84. The van der Waals surface area contributed by atoms with E-state index in [1.54, 1.807) is 19.2 Å². The SMILES string of the molecule is CC(=O)NC(C)(c1cc(F)c(Cl)c(F)c1)c1ccc(CN2CCC3(CC2)OCc2ccncc23)cn1. The third kappa shape index (κ3) is 4.49. The highest BCUT2D eigenvalue weighted by Gasteiger charge is 2.42. The summed E-state index contributed by atoms with van der Waals surface area (Å²) in [6.07, 6.45) is 7.28. The normalized spacial score (nSPS) is 18.6. The number of fused-ring (bicyclic) bond motifs is 2. The van der Waals surface area contributed by atoms with Crippen molar-refractivity contribution in [2.45, 2.75) is 51.0 Å². The van der Waals surface area contributed by atoms with Gasteiger partial charge < -0.3 is 10.1 Å². The van der Waals surface area contributed by atoms with Gasteiger partial charge in [-0.05, 0) is 60.7 Å². The van der Waals surface area contributed by atoms with Crippen LogP contribution < -0.4 is 5.32 Å². The minimum absolute atomic E-state index is 0.213. The van der Waals surface area contributed by atoms with Gasteiger partial charge in [-0.2, -0.15) is 0 Å². The molecule has 5 rings (SSSR count). The molecule has 1 unspecified atom stereocenters. The average Bonchev–Trinajstić information content (AvgIpc) is 3.22. The zero-order valence-corrected chi connectivity index (χ0v) is 20.9. The lowest BCUT2D eigenvalue weighted by Crippen LogP contribution is -2.44. The van der Waals surface area contributed by atoms with Crippen molar-refractivity contribution in [3.8, 4) is 0 Å². The first-order chi connectivity index (χ1) is 17.2. The molecule has 36 heavy (non-hydrogen) atoms. The van der Waals surface area contributed by atoms with E-state index < -0.39 is 22.2 Å². The molecule has 0 bridgehead atoms. The molecule has 1 N–H and O–H groups in total. The number of benzene rings is 1. The van der Waals surface area contributed by atoms with Crippen LogP contribution in [0.15, 0.2) is 48.9 Å². The highest BCUT2D eigenvalue weighted by Crippen LogP contribution is 2.43. The fourth-order valence-corrected chi connectivity index (χ4v) is 5.40. The van der Waals surface area contributed by atoms with Crippen molar-refractivity contribution >= 4 is 17.5 Å². The molecule has 1 fully saturated rings. The second kappa shape index (κ2) is 9.50. The first-order valence-electron chi connectivity index (χ1n) is 11.9. The van der Waals surface area contributed by atoms with Gasteiger partial charge in [0.1, 0.15) is 22.2 Å². The van der Waals surface area contributed by atoms with E-state index in [1.807, 2.05) is 24.5 Å². The zero-order valence-electron chi connectivity index (χ0n) is 20.2. The van der Waals surface area contributed by atoms with Crippen LogP contribution in [-0.4, -0.2) is 33.9 Å². The largest absolute Gasteiger partial charge is 0.365 e. The number of rotatable bonds is 5. The summed E-state index contributed by atoms with van der Waals surface area (Å²) in [5.74, 6) is -2.15. The Morgan fingerprint density at radius 3 is 2.56 bits per heavy atom. The van der Waals surface area contributed by atoms with E-state index >= 15 is 0 Å². The van der Waals surface area contributed by atoms with Crippen LogP contribution in [0.25, 0.3) is 0 Å². The molecule has 2 aromatic heterocycles. The summed E-state index contributed by atoms with van der Waals surface area (Å²) in [6, 6.07) is 7.99. The Balaban J connectivity index is 1.31. The molecule has 1 saturated heterocycles. The number of nitrogens with one attached hydrogen (secondary N) is 1. The van der Waals surface area contributed by atoms with E-state index in [0.29, 0.717) is 18.8 Å². The first-order valence-corrected chi connectivity index (χ1v) is 12.3. The second-order valence-electron chi connectivity index (χ2n) is 9.70. The highest BCUT2D eigenvalue weighted by molar-refractivity contribution is 6.30. The molecular formula is C27H27ClF2N4O2. The number of amides is 1. The van der Waals surface area contributed by atoms with Gasteiger partial charge in [0.2, 0.25) is 5.91 Å². The summed E-state index contributed by atoms with van der Waals surface area (Å²) in [4.78, 5) is 23.2. The monoisotopic (exact) mass is 512 g/mol. The molecule has 0 saturated carbocycles. The number of halogens is 3. The van der Waals surface area contributed by atoms with Crippen molar-refractivity contribution in [3.63, 3.8) is 0 Å². The number of nitrogens with zero attached hydrogens (tertiary/aromatic N) is 3. The van der Waals surface area contributed by atoms with Gasteiger partial charge in [-0.15, -0.1) is 0 Å². The van der Waals surface area contributed by atoms with Crippen LogP contribution in [-0.2, 0) is 33.8 Å². The van der Waals surface area contributed by atoms with E-state index in [0.717, 1.165) is 43.6 Å². The Morgan fingerprint density at radius 2 is 1.92 bits per heavy atom. The van der Waals surface area contributed by atoms with E-state index in [-0.39, 0.29) is 17.1 Å². The molecule has 4 heterocycles. The number of hydrogen-bond acceptors (Lipinski definition) is 5. The van der Waals surface area contributed by atoms with E-state index in [1.165, 1.54) is 18.1 Å². The van der Waals surface area contributed by atoms with Crippen LogP contribution >= 0.6 is 11.6 Å². The molecule has 2 aliphatic rings. The minimum Gasteiger partial charge on any atom is -0.365 e. The van der Waals surface area contributed by atoms with Gasteiger partial charge in [-0.3, -0.25) is 19.7 Å². The molecule has 1 spiro atoms. The zero-order chi connectivity index (χ0) is 25.5. The van der Waals surface area contributed by atoms with Crippen LogP contribution in [0, 0.1) is 11.6 Å². The Kier molecular flexibility index (Phi) is 6.53. The molecule has 188 valence electrons. The first kappa shape index (κ1) is 24.7. The van der Waals surface area contributed by atoms with Gasteiger partial charge in [-0.25, -0.2) is 8.78 Å². The quantitative estimate of drug-likeness (QED) is 0.496. The number of carbonyl (C=O) groups excluding carboxylic acids is 1. The minimum atomic E-state index is -1.24. The number of aromatic nitrogens is 2. The summed E-state index contributed by atoms with van der Waals surface area (Å²) in [5.41, 5.74) is 2.63. The van der Waals surface area contributed by atoms with Gasteiger partial charge in [0.15, 0.2) is 0 Å². The van der Waals surface area contributed by atoms with E-state index in [4.69, 9.17) is 16.3 Å². The third-order valence-corrected chi connectivity index (χ3v) is 7.66. The molecule has 0 aliphatic carbocycles. The van der Waals surface area contributed by atoms with E-state index in [2.05, 4.69) is 20.2 Å². The lowest BCUT2D eigenvalue weighted by molar-refractivity contribution is -0.120. The highest BCUT2D eigenvalue weighted by atomic mass is 35.5. The van der Waals surface area contributed by atoms with Gasteiger partial charge in [0.05, 0.1) is 17.9 Å². The molecule has 2 aliphatic heterocycles. The van der Waals surface area contributed by atoms with Crippen molar-refractivity contribution in [2.24, 2.45) is 0 Å². The molecule has 3 aromatic rings. The molecule has 9 heteroatoms. The third-order valence-electron chi connectivity index (χ3n) is 7.30.